The van der Waals surface area contributed by atoms with Crippen molar-refractivity contribution in [3.63, 3.8) is 0 Å². The Labute approximate surface area is 91.2 Å². The maximum absolute atomic E-state index is 5.63. The Hall–Kier alpha value is -1.33. The van der Waals surface area contributed by atoms with E-state index in [2.05, 4.69) is 10.1 Å². The van der Waals surface area contributed by atoms with Crippen molar-refractivity contribution in [1.29, 1.82) is 0 Å². The first-order valence-electron chi connectivity index (χ1n) is 4.58. The Bertz CT molecular complexity index is 438. The van der Waals surface area contributed by atoms with Gasteiger partial charge in [0.05, 0.1) is 0 Å². The monoisotopic (exact) mass is 227 g/mol. The number of nitrogens with zero attached hydrogens (tertiary/aromatic N) is 2. The number of hydrogen-bond acceptors (Lipinski definition) is 5. The second kappa shape index (κ2) is 4.46. The van der Waals surface area contributed by atoms with Crippen LogP contribution in [0.2, 0.25) is 5.22 Å². The van der Waals surface area contributed by atoms with Gasteiger partial charge in [0.1, 0.15) is 0 Å². The highest BCUT2D eigenvalue weighted by molar-refractivity contribution is 6.28. The van der Waals surface area contributed by atoms with E-state index in [1.165, 1.54) is 0 Å². The summed E-state index contributed by atoms with van der Waals surface area (Å²) in [7, 11) is 0. The Kier molecular flexibility index (Phi) is 3.03. The molecular formula is C9H10ClN3O2. The molecule has 6 heteroatoms. The lowest BCUT2D eigenvalue weighted by molar-refractivity contribution is 0.408. The molecule has 5 nitrogen and oxygen atoms in total. The fourth-order valence-electron chi connectivity index (χ4n) is 1.14. The van der Waals surface area contributed by atoms with Crippen LogP contribution < -0.4 is 5.73 Å². The van der Waals surface area contributed by atoms with Crippen LogP contribution in [0, 0.1) is 0 Å². The van der Waals surface area contributed by atoms with E-state index in [1.54, 1.807) is 12.1 Å². The van der Waals surface area contributed by atoms with Crippen molar-refractivity contribution < 1.29 is 8.94 Å². The first-order chi connectivity index (χ1) is 7.29. The molecule has 0 saturated heterocycles. The molecule has 0 radical (unpaired) electrons. The SMILES string of the molecule is NCCCc1noc(-c2ccc(Cl)o2)n1. The predicted molar refractivity (Wildman–Crippen MR) is 54.4 cm³/mol. The summed E-state index contributed by atoms with van der Waals surface area (Å²) in [4.78, 5) is 4.15. The minimum Gasteiger partial charge on any atom is -0.440 e. The van der Waals surface area contributed by atoms with Crippen LogP contribution in [0.5, 0.6) is 0 Å². The zero-order valence-corrected chi connectivity index (χ0v) is 8.70. The smallest absolute Gasteiger partial charge is 0.293 e. The van der Waals surface area contributed by atoms with Crippen LogP contribution in [0.15, 0.2) is 21.1 Å². The van der Waals surface area contributed by atoms with Crippen LogP contribution in [0.25, 0.3) is 11.7 Å². The number of furan rings is 1. The van der Waals surface area contributed by atoms with E-state index in [0.717, 1.165) is 6.42 Å². The highest BCUT2D eigenvalue weighted by Gasteiger charge is 2.11. The summed E-state index contributed by atoms with van der Waals surface area (Å²) in [5.74, 6) is 1.45. The van der Waals surface area contributed by atoms with Crippen molar-refractivity contribution in [2.45, 2.75) is 12.8 Å². The normalized spacial score (nSPS) is 10.8. The molecule has 2 heterocycles. The summed E-state index contributed by atoms with van der Waals surface area (Å²) >= 11 is 5.63. The lowest BCUT2D eigenvalue weighted by Crippen LogP contribution is -2.01. The molecule has 0 aromatic carbocycles. The van der Waals surface area contributed by atoms with Crippen LogP contribution >= 0.6 is 11.6 Å². The van der Waals surface area contributed by atoms with E-state index in [4.69, 9.17) is 26.3 Å². The van der Waals surface area contributed by atoms with Gasteiger partial charge >= 0.3 is 0 Å². The summed E-state index contributed by atoms with van der Waals surface area (Å²) in [5.41, 5.74) is 5.38. The van der Waals surface area contributed by atoms with E-state index in [1.807, 2.05) is 0 Å². The molecule has 2 rings (SSSR count). The molecule has 0 aliphatic heterocycles. The number of rotatable bonds is 4. The third kappa shape index (κ3) is 2.37. The van der Waals surface area contributed by atoms with Gasteiger partial charge in [0, 0.05) is 6.42 Å². The van der Waals surface area contributed by atoms with Gasteiger partial charge in [-0.1, -0.05) is 5.16 Å². The molecule has 0 saturated carbocycles. The second-order valence-corrected chi connectivity index (χ2v) is 3.38. The van der Waals surface area contributed by atoms with E-state index in [0.29, 0.717) is 35.7 Å². The number of aromatic nitrogens is 2. The van der Waals surface area contributed by atoms with Crippen LogP contribution in [-0.2, 0) is 6.42 Å². The summed E-state index contributed by atoms with van der Waals surface area (Å²) in [6.45, 7) is 0.608. The molecule has 0 bridgehead atoms. The molecule has 0 fully saturated rings. The molecule has 2 aromatic heterocycles. The van der Waals surface area contributed by atoms with Gasteiger partial charge in [0.25, 0.3) is 5.89 Å². The van der Waals surface area contributed by atoms with Crippen LogP contribution in [0.3, 0.4) is 0 Å². The fourth-order valence-corrected chi connectivity index (χ4v) is 1.29. The van der Waals surface area contributed by atoms with Crippen molar-refractivity contribution in [2.75, 3.05) is 6.54 Å². The summed E-state index contributed by atoms with van der Waals surface area (Å²) in [6, 6.07) is 3.31. The lowest BCUT2D eigenvalue weighted by Gasteiger charge is -1.88. The molecule has 0 amide bonds. The van der Waals surface area contributed by atoms with Crippen LogP contribution in [-0.4, -0.2) is 16.7 Å². The van der Waals surface area contributed by atoms with Gasteiger partial charge in [-0.25, -0.2) is 0 Å². The van der Waals surface area contributed by atoms with Gasteiger partial charge in [-0.3, -0.25) is 0 Å². The number of halogens is 1. The Morgan fingerprint density at radius 2 is 2.27 bits per heavy atom. The van der Waals surface area contributed by atoms with Crippen molar-refractivity contribution in [3.05, 3.63) is 23.2 Å². The fraction of sp³-hybridized carbons (Fsp3) is 0.333. The van der Waals surface area contributed by atoms with Crippen molar-refractivity contribution >= 4 is 11.6 Å². The summed E-state index contributed by atoms with van der Waals surface area (Å²) in [6.07, 6.45) is 1.53. The third-order valence-corrected chi connectivity index (χ3v) is 2.06. The molecule has 0 atom stereocenters. The Morgan fingerprint density at radius 1 is 1.40 bits per heavy atom. The quantitative estimate of drug-likeness (QED) is 0.863. The predicted octanol–water partition coefficient (Wildman–Crippen LogP) is 1.87. The highest BCUT2D eigenvalue weighted by atomic mass is 35.5. The standard InChI is InChI=1S/C9H10ClN3O2/c10-7-4-3-6(14-7)9-12-8(13-15-9)2-1-5-11/h3-4H,1-2,5,11H2. The zero-order valence-electron chi connectivity index (χ0n) is 7.94. The molecule has 15 heavy (non-hydrogen) atoms. The van der Waals surface area contributed by atoms with E-state index < -0.39 is 0 Å². The average Bonchev–Trinajstić information content (AvgIpc) is 2.83. The molecule has 0 spiro atoms. The maximum Gasteiger partial charge on any atom is 0.293 e. The van der Waals surface area contributed by atoms with Gasteiger partial charge in [0.15, 0.2) is 16.8 Å². The largest absolute Gasteiger partial charge is 0.440 e. The summed E-state index contributed by atoms with van der Waals surface area (Å²) < 4.78 is 10.1. The molecular weight excluding hydrogens is 218 g/mol. The van der Waals surface area contributed by atoms with Crippen LogP contribution in [0.1, 0.15) is 12.2 Å². The number of hydrogen-bond donors (Lipinski definition) is 1. The Balaban J connectivity index is 2.13. The van der Waals surface area contributed by atoms with Crippen molar-refractivity contribution in [3.8, 4) is 11.7 Å². The van der Waals surface area contributed by atoms with Crippen LogP contribution in [0.4, 0.5) is 0 Å². The second-order valence-electron chi connectivity index (χ2n) is 3.01. The molecule has 80 valence electrons. The number of nitrogens with two attached hydrogens (primary N) is 1. The van der Waals surface area contributed by atoms with Gasteiger partial charge in [-0.2, -0.15) is 4.98 Å². The molecule has 0 aliphatic rings. The van der Waals surface area contributed by atoms with Crippen molar-refractivity contribution in [1.82, 2.24) is 10.1 Å². The highest BCUT2D eigenvalue weighted by Crippen LogP contribution is 2.22. The van der Waals surface area contributed by atoms with E-state index >= 15 is 0 Å². The minimum absolute atomic E-state index is 0.298. The molecule has 0 aliphatic carbocycles. The summed E-state index contributed by atoms with van der Waals surface area (Å²) in [5, 5.41) is 4.09. The molecule has 2 N–H and O–H groups in total. The van der Waals surface area contributed by atoms with Gasteiger partial charge in [-0.05, 0) is 36.7 Å². The third-order valence-electron chi connectivity index (χ3n) is 1.86. The van der Waals surface area contributed by atoms with E-state index in [-0.39, 0.29) is 0 Å². The van der Waals surface area contributed by atoms with Gasteiger partial charge in [-0.15, -0.1) is 0 Å². The first-order valence-corrected chi connectivity index (χ1v) is 4.96. The zero-order chi connectivity index (χ0) is 10.7. The van der Waals surface area contributed by atoms with Crippen molar-refractivity contribution in [2.24, 2.45) is 5.73 Å². The number of aryl methyl sites for hydroxylation is 1. The molecule has 2 aromatic rings. The first kappa shape index (κ1) is 10.2. The lowest BCUT2D eigenvalue weighted by atomic mass is 10.3. The molecule has 0 unspecified atom stereocenters. The van der Waals surface area contributed by atoms with E-state index in [9.17, 15) is 0 Å². The minimum atomic E-state index is 0.298. The topological polar surface area (TPSA) is 78.1 Å². The van der Waals surface area contributed by atoms with Gasteiger partial charge < -0.3 is 14.7 Å². The average molecular weight is 228 g/mol. The van der Waals surface area contributed by atoms with Gasteiger partial charge in [0.2, 0.25) is 0 Å². The Morgan fingerprint density at radius 3 is 2.93 bits per heavy atom. The maximum atomic E-state index is 5.63.